The van der Waals surface area contributed by atoms with Crippen molar-refractivity contribution in [2.24, 2.45) is 7.05 Å². The number of nitrogens with zero attached hydrogens (tertiary/aromatic N) is 3. The lowest BCUT2D eigenvalue weighted by molar-refractivity contribution is -0.0966. The highest BCUT2D eigenvalue weighted by Gasteiger charge is 2.50. The molecule has 2 aromatic carbocycles. The molecule has 2 aliphatic carbocycles. The summed E-state index contributed by atoms with van der Waals surface area (Å²) in [4.78, 5) is 0. The van der Waals surface area contributed by atoms with Crippen molar-refractivity contribution in [2.75, 3.05) is 0 Å². The third kappa shape index (κ3) is 3.25. The van der Waals surface area contributed by atoms with Crippen LogP contribution in [-0.2, 0) is 13.5 Å². The first-order valence-corrected chi connectivity index (χ1v) is 10.7. The zero-order chi connectivity index (χ0) is 23.7. The second-order valence-electron chi connectivity index (χ2n) is 8.90. The molecule has 1 N–H and O–H groups in total. The first-order valence-electron chi connectivity index (χ1n) is 10.7. The van der Waals surface area contributed by atoms with E-state index in [1.54, 1.807) is 36.9 Å². The molecule has 0 saturated heterocycles. The zero-order valence-corrected chi connectivity index (χ0v) is 18.0. The summed E-state index contributed by atoms with van der Waals surface area (Å²) in [6, 6.07) is 9.23. The molecule has 1 aromatic heterocycles. The van der Waals surface area contributed by atoms with E-state index in [0.717, 1.165) is 12.1 Å². The number of aromatic nitrogens is 2. The summed E-state index contributed by atoms with van der Waals surface area (Å²) in [6.07, 6.45) is -3.73. The Kier molecular flexibility index (Phi) is 4.87. The van der Waals surface area contributed by atoms with Gasteiger partial charge in [0.2, 0.25) is 0 Å². The van der Waals surface area contributed by atoms with Gasteiger partial charge in [0, 0.05) is 24.9 Å². The van der Waals surface area contributed by atoms with Crippen molar-refractivity contribution in [2.45, 2.75) is 50.3 Å². The van der Waals surface area contributed by atoms with Crippen LogP contribution in [-0.4, -0.2) is 20.8 Å². The van der Waals surface area contributed by atoms with Crippen LogP contribution in [0.4, 0.5) is 17.6 Å². The predicted octanol–water partition coefficient (Wildman–Crippen LogP) is 5.57. The van der Waals surface area contributed by atoms with Crippen molar-refractivity contribution in [3.8, 4) is 17.3 Å². The van der Waals surface area contributed by atoms with E-state index < -0.39 is 36.4 Å². The third-order valence-electron chi connectivity index (χ3n) is 6.82. The Hall–Kier alpha value is -3.18. The minimum absolute atomic E-state index is 0.00254. The van der Waals surface area contributed by atoms with Gasteiger partial charge in [-0.1, -0.05) is 12.1 Å². The molecule has 0 spiro atoms. The number of alkyl halides is 3. The van der Waals surface area contributed by atoms with Gasteiger partial charge in [0.05, 0.1) is 23.0 Å². The van der Waals surface area contributed by atoms with Gasteiger partial charge in [0.15, 0.2) is 0 Å². The molecular weight excluding hydrogens is 434 g/mol. The van der Waals surface area contributed by atoms with Crippen molar-refractivity contribution < 1.29 is 22.7 Å². The van der Waals surface area contributed by atoms with Gasteiger partial charge in [0.25, 0.3) is 5.92 Å². The van der Waals surface area contributed by atoms with Gasteiger partial charge < -0.3 is 5.11 Å². The molecule has 0 bridgehead atoms. The van der Waals surface area contributed by atoms with Crippen molar-refractivity contribution in [1.82, 2.24) is 9.78 Å². The van der Waals surface area contributed by atoms with Crippen LogP contribution in [0, 0.1) is 24.1 Å². The Morgan fingerprint density at radius 3 is 2.58 bits per heavy atom. The molecule has 3 aromatic rings. The van der Waals surface area contributed by atoms with Gasteiger partial charge in [-0.3, -0.25) is 4.68 Å². The molecule has 2 aliphatic rings. The van der Waals surface area contributed by atoms with Gasteiger partial charge in [0.1, 0.15) is 18.1 Å². The SMILES string of the molecule is Cc1cc(-c2ccc([C@H]3CC[C@H](F)c4cc(F)cc(C#N)c43)c3c2[C@H](O)C(F)(F)C3)n(C)n1. The van der Waals surface area contributed by atoms with Gasteiger partial charge >= 0.3 is 0 Å². The predicted molar refractivity (Wildman–Crippen MR) is 113 cm³/mol. The number of hydrogen-bond acceptors (Lipinski definition) is 3. The van der Waals surface area contributed by atoms with Gasteiger partial charge in [-0.2, -0.15) is 10.4 Å². The van der Waals surface area contributed by atoms with E-state index >= 15 is 0 Å². The number of benzene rings is 2. The van der Waals surface area contributed by atoms with E-state index in [1.165, 1.54) is 0 Å². The van der Waals surface area contributed by atoms with E-state index in [-0.39, 0.29) is 29.5 Å². The number of nitriles is 1. The van der Waals surface area contributed by atoms with E-state index in [4.69, 9.17) is 0 Å². The van der Waals surface area contributed by atoms with E-state index in [2.05, 4.69) is 5.10 Å². The van der Waals surface area contributed by atoms with E-state index in [1.807, 2.05) is 6.07 Å². The molecule has 0 radical (unpaired) electrons. The molecule has 0 unspecified atom stereocenters. The Morgan fingerprint density at radius 1 is 1.15 bits per heavy atom. The van der Waals surface area contributed by atoms with Crippen LogP contribution in [0.2, 0.25) is 0 Å². The van der Waals surface area contributed by atoms with Crippen molar-refractivity contribution >= 4 is 0 Å². The molecule has 170 valence electrons. The number of aliphatic hydroxyl groups is 1. The summed E-state index contributed by atoms with van der Waals surface area (Å²) in [5.74, 6) is -4.64. The Labute approximate surface area is 188 Å². The van der Waals surface area contributed by atoms with Crippen molar-refractivity contribution in [1.29, 1.82) is 5.26 Å². The fourth-order valence-corrected chi connectivity index (χ4v) is 5.45. The number of rotatable bonds is 2. The first kappa shape index (κ1) is 21.7. The summed E-state index contributed by atoms with van der Waals surface area (Å²) < 4.78 is 59.9. The van der Waals surface area contributed by atoms with Gasteiger partial charge in [-0.05, 0) is 65.8 Å². The fraction of sp³-hybridized carbons (Fsp3) is 0.360. The Bertz CT molecular complexity index is 1320. The largest absolute Gasteiger partial charge is 0.382 e. The van der Waals surface area contributed by atoms with Crippen LogP contribution >= 0.6 is 0 Å². The molecule has 0 amide bonds. The maximum Gasteiger partial charge on any atom is 0.281 e. The molecular formula is C25H21F4N3O. The zero-order valence-electron chi connectivity index (χ0n) is 18.0. The summed E-state index contributed by atoms with van der Waals surface area (Å²) in [5, 5.41) is 24.5. The van der Waals surface area contributed by atoms with Gasteiger partial charge in [-0.15, -0.1) is 0 Å². The summed E-state index contributed by atoms with van der Waals surface area (Å²) in [7, 11) is 1.70. The quantitative estimate of drug-likeness (QED) is 0.514. The van der Waals surface area contributed by atoms with Crippen LogP contribution < -0.4 is 0 Å². The molecule has 0 saturated carbocycles. The number of aryl methyl sites for hydroxylation is 2. The molecule has 0 fully saturated rings. The minimum atomic E-state index is -3.37. The second kappa shape index (κ2) is 7.42. The standard InChI is InChI=1S/C25H21F4N3O/c1-12-7-21(32(2)31-12)17-4-3-15(19-10-25(28,29)24(33)23(17)19)16-5-6-20(27)18-9-14(26)8-13(11-30)22(16)18/h3-4,7-9,16,20,24,33H,5-6,10H2,1-2H3/t16-,20+,24+/m1/s1. The molecule has 3 atom stereocenters. The monoisotopic (exact) mass is 455 g/mol. The molecule has 4 nitrogen and oxygen atoms in total. The first-order chi connectivity index (χ1) is 15.6. The Balaban J connectivity index is 1.76. The Morgan fingerprint density at radius 2 is 1.91 bits per heavy atom. The lowest BCUT2D eigenvalue weighted by Crippen LogP contribution is -2.22. The van der Waals surface area contributed by atoms with Crippen LogP contribution in [0.3, 0.4) is 0 Å². The molecule has 5 rings (SSSR count). The van der Waals surface area contributed by atoms with Crippen LogP contribution in [0.5, 0.6) is 0 Å². The molecule has 33 heavy (non-hydrogen) atoms. The highest BCUT2D eigenvalue weighted by molar-refractivity contribution is 5.71. The maximum absolute atomic E-state index is 14.8. The molecule has 0 aliphatic heterocycles. The lowest BCUT2D eigenvalue weighted by Gasteiger charge is -2.31. The summed E-state index contributed by atoms with van der Waals surface area (Å²) >= 11 is 0. The molecule has 8 heteroatoms. The van der Waals surface area contributed by atoms with Crippen LogP contribution in [0.15, 0.2) is 30.3 Å². The summed E-state index contributed by atoms with van der Waals surface area (Å²) in [5.41, 5.74) is 3.14. The highest BCUT2D eigenvalue weighted by Crippen LogP contribution is 2.53. The number of halogens is 4. The lowest BCUT2D eigenvalue weighted by atomic mass is 9.74. The van der Waals surface area contributed by atoms with Gasteiger partial charge in [-0.25, -0.2) is 17.6 Å². The molecule has 1 heterocycles. The normalized spacial score (nSPS) is 23.2. The number of fused-ring (bicyclic) bond motifs is 2. The number of aliphatic hydroxyl groups excluding tert-OH is 1. The maximum atomic E-state index is 14.8. The average Bonchev–Trinajstić information content (AvgIpc) is 3.22. The van der Waals surface area contributed by atoms with Crippen LogP contribution in [0.25, 0.3) is 11.3 Å². The van der Waals surface area contributed by atoms with Crippen LogP contribution in [0.1, 0.15) is 70.1 Å². The van der Waals surface area contributed by atoms with Crippen molar-refractivity contribution in [3.05, 3.63) is 75.2 Å². The summed E-state index contributed by atoms with van der Waals surface area (Å²) in [6.45, 7) is 1.79. The topological polar surface area (TPSA) is 61.8 Å². The average molecular weight is 455 g/mol. The fourth-order valence-electron chi connectivity index (χ4n) is 5.45. The highest BCUT2D eigenvalue weighted by atomic mass is 19.3. The number of hydrogen-bond donors (Lipinski definition) is 1. The van der Waals surface area contributed by atoms with E-state index in [0.29, 0.717) is 33.6 Å². The van der Waals surface area contributed by atoms with E-state index in [9.17, 15) is 27.9 Å². The smallest absolute Gasteiger partial charge is 0.281 e. The second-order valence-corrected chi connectivity index (χ2v) is 8.90. The third-order valence-corrected chi connectivity index (χ3v) is 6.82. The van der Waals surface area contributed by atoms with Crippen molar-refractivity contribution in [3.63, 3.8) is 0 Å². The minimum Gasteiger partial charge on any atom is -0.382 e.